The predicted octanol–water partition coefficient (Wildman–Crippen LogP) is 0.404. The third kappa shape index (κ3) is 1.98. The van der Waals surface area contributed by atoms with Crippen molar-refractivity contribution in [2.45, 2.75) is 33.0 Å². The second kappa shape index (κ2) is 3.33. The topological polar surface area (TPSA) is 49.0 Å². The first-order chi connectivity index (χ1) is 5.96. The molecule has 0 saturated carbocycles. The summed E-state index contributed by atoms with van der Waals surface area (Å²) in [6.45, 7) is 6.03. The van der Waals surface area contributed by atoms with Gasteiger partial charge in [-0.05, 0) is 20.8 Å². The van der Waals surface area contributed by atoms with E-state index < -0.39 is 0 Å². The number of ether oxygens (including phenoxy) is 1. The Hall–Kier alpha value is -1.10. The summed E-state index contributed by atoms with van der Waals surface area (Å²) in [7, 11) is 1.54. The van der Waals surface area contributed by atoms with Gasteiger partial charge in [-0.2, -0.15) is 5.10 Å². The number of rotatable bonds is 2. The minimum Gasteiger partial charge on any atom is -0.364 e. The van der Waals surface area contributed by atoms with Crippen molar-refractivity contribution in [2.75, 3.05) is 7.11 Å². The molecule has 1 rings (SSSR count). The maximum Gasteiger partial charge on any atom is 0.348 e. The molecule has 0 spiro atoms. The van der Waals surface area contributed by atoms with E-state index in [4.69, 9.17) is 4.74 Å². The molecule has 0 radical (unpaired) electrons. The Balaban J connectivity index is 3.07. The highest BCUT2D eigenvalue weighted by molar-refractivity contribution is 4.76. The zero-order valence-electron chi connectivity index (χ0n) is 8.44. The summed E-state index contributed by atoms with van der Waals surface area (Å²) in [5.74, 6) is 0. The maximum atomic E-state index is 11.6. The van der Waals surface area contributed by atoms with Crippen LogP contribution in [0.3, 0.4) is 0 Å². The van der Waals surface area contributed by atoms with E-state index in [2.05, 4.69) is 5.10 Å². The van der Waals surface area contributed by atoms with Crippen molar-refractivity contribution in [1.29, 1.82) is 0 Å². The number of hydrogen-bond acceptors (Lipinski definition) is 3. The molecule has 5 heteroatoms. The zero-order valence-corrected chi connectivity index (χ0v) is 8.44. The second-order valence-corrected chi connectivity index (χ2v) is 3.88. The van der Waals surface area contributed by atoms with Crippen molar-refractivity contribution >= 4 is 0 Å². The van der Waals surface area contributed by atoms with E-state index in [1.807, 2.05) is 20.8 Å². The Morgan fingerprint density at radius 2 is 2.15 bits per heavy atom. The summed E-state index contributed by atoms with van der Waals surface area (Å²) >= 11 is 0. The van der Waals surface area contributed by atoms with Crippen LogP contribution in [0.4, 0.5) is 0 Å². The fraction of sp³-hybridized carbons (Fsp3) is 0.750. The van der Waals surface area contributed by atoms with Crippen LogP contribution < -0.4 is 5.69 Å². The van der Waals surface area contributed by atoms with Crippen molar-refractivity contribution in [2.24, 2.45) is 0 Å². The molecule has 0 aliphatic heterocycles. The summed E-state index contributed by atoms with van der Waals surface area (Å²) in [4.78, 5) is 11.6. The molecular weight excluding hydrogens is 170 g/mol. The lowest BCUT2D eigenvalue weighted by Gasteiger charge is -2.16. The molecule has 0 N–H and O–H groups in total. The molecule has 5 nitrogen and oxygen atoms in total. The van der Waals surface area contributed by atoms with E-state index in [-0.39, 0.29) is 18.0 Å². The largest absolute Gasteiger partial charge is 0.364 e. The first kappa shape index (κ1) is 9.98. The Bertz CT molecular complexity index is 332. The first-order valence-corrected chi connectivity index (χ1v) is 4.10. The SMILES string of the molecule is COCn1cnn(C(C)(C)C)c1=O. The van der Waals surface area contributed by atoms with Gasteiger partial charge in [-0.1, -0.05) is 0 Å². The fourth-order valence-corrected chi connectivity index (χ4v) is 1.02. The van der Waals surface area contributed by atoms with E-state index in [1.165, 1.54) is 15.6 Å². The Morgan fingerprint density at radius 1 is 1.54 bits per heavy atom. The second-order valence-electron chi connectivity index (χ2n) is 3.88. The van der Waals surface area contributed by atoms with Crippen molar-refractivity contribution < 1.29 is 4.74 Å². The first-order valence-electron chi connectivity index (χ1n) is 4.10. The highest BCUT2D eigenvalue weighted by Crippen LogP contribution is 2.07. The number of aromatic nitrogens is 3. The Kier molecular flexibility index (Phi) is 2.56. The van der Waals surface area contributed by atoms with Gasteiger partial charge in [-0.15, -0.1) is 0 Å². The monoisotopic (exact) mass is 185 g/mol. The molecule has 0 aromatic carbocycles. The van der Waals surface area contributed by atoms with Crippen LogP contribution in [0.1, 0.15) is 20.8 Å². The quantitative estimate of drug-likeness (QED) is 0.670. The van der Waals surface area contributed by atoms with E-state index in [0.717, 1.165) is 0 Å². The van der Waals surface area contributed by atoms with Crippen LogP contribution in [0.25, 0.3) is 0 Å². The van der Waals surface area contributed by atoms with Gasteiger partial charge >= 0.3 is 5.69 Å². The van der Waals surface area contributed by atoms with E-state index in [0.29, 0.717) is 0 Å². The molecule has 0 saturated heterocycles. The molecule has 0 atom stereocenters. The molecule has 13 heavy (non-hydrogen) atoms. The molecular formula is C8H15N3O2. The highest BCUT2D eigenvalue weighted by atomic mass is 16.5. The summed E-state index contributed by atoms with van der Waals surface area (Å²) in [5.41, 5.74) is -0.426. The van der Waals surface area contributed by atoms with Crippen LogP contribution in [0.15, 0.2) is 11.1 Å². The maximum absolute atomic E-state index is 11.6. The zero-order chi connectivity index (χ0) is 10.1. The Labute approximate surface area is 76.9 Å². The van der Waals surface area contributed by atoms with Gasteiger partial charge in [0, 0.05) is 7.11 Å². The molecule has 1 aromatic rings. The molecule has 0 unspecified atom stereocenters. The lowest BCUT2D eigenvalue weighted by atomic mass is 10.1. The number of hydrogen-bond donors (Lipinski definition) is 0. The van der Waals surface area contributed by atoms with Gasteiger partial charge in [-0.3, -0.25) is 4.57 Å². The smallest absolute Gasteiger partial charge is 0.348 e. The third-order valence-electron chi connectivity index (χ3n) is 1.64. The van der Waals surface area contributed by atoms with Gasteiger partial charge in [0.2, 0.25) is 0 Å². The summed E-state index contributed by atoms with van der Waals surface area (Å²) < 4.78 is 7.70. The molecule has 74 valence electrons. The highest BCUT2D eigenvalue weighted by Gasteiger charge is 2.18. The molecule has 0 aliphatic rings. The molecule has 0 amide bonds. The van der Waals surface area contributed by atoms with Crippen LogP contribution in [0.5, 0.6) is 0 Å². The Morgan fingerprint density at radius 3 is 2.54 bits per heavy atom. The molecule has 1 heterocycles. The minimum absolute atomic E-state index is 0.144. The van der Waals surface area contributed by atoms with E-state index >= 15 is 0 Å². The van der Waals surface area contributed by atoms with Gasteiger partial charge < -0.3 is 4.74 Å². The molecule has 0 aliphatic carbocycles. The average molecular weight is 185 g/mol. The molecule has 0 bridgehead atoms. The molecule has 0 fully saturated rings. The number of nitrogens with zero attached hydrogens (tertiary/aromatic N) is 3. The van der Waals surface area contributed by atoms with E-state index in [9.17, 15) is 4.79 Å². The van der Waals surface area contributed by atoms with Gasteiger partial charge in [0.1, 0.15) is 13.1 Å². The van der Waals surface area contributed by atoms with Crippen molar-refractivity contribution in [1.82, 2.24) is 14.3 Å². The fourth-order valence-electron chi connectivity index (χ4n) is 1.02. The van der Waals surface area contributed by atoms with Crippen molar-refractivity contribution in [3.8, 4) is 0 Å². The van der Waals surface area contributed by atoms with Crippen LogP contribution in [-0.2, 0) is 17.0 Å². The van der Waals surface area contributed by atoms with Crippen molar-refractivity contribution in [3.05, 3.63) is 16.8 Å². The van der Waals surface area contributed by atoms with Crippen LogP contribution in [0.2, 0.25) is 0 Å². The number of methoxy groups -OCH3 is 1. The van der Waals surface area contributed by atoms with E-state index in [1.54, 1.807) is 7.11 Å². The molecule has 1 aromatic heterocycles. The van der Waals surface area contributed by atoms with Crippen molar-refractivity contribution in [3.63, 3.8) is 0 Å². The summed E-state index contributed by atoms with van der Waals surface area (Å²) in [6.07, 6.45) is 1.48. The third-order valence-corrected chi connectivity index (χ3v) is 1.64. The van der Waals surface area contributed by atoms with Gasteiger partial charge in [0.05, 0.1) is 5.54 Å². The average Bonchev–Trinajstić information content (AvgIpc) is 2.32. The minimum atomic E-state index is -0.282. The summed E-state index contributed by atoms with van der Waals surface area (Å²) in [6, 6.07) is 0. The standard InChI is InChI=1S/C8H15N3O2/c1-8(2,3)11-7(12)10(5-9-11)6-13-4/h5H,6H2,1-4H3. The van der Waals surface area contributed by atoms with Gasteiger partial charge in [0.25, 0.3) is 0 Å². The van der Waals surface area contributed by atoms with Gasteiger partial charge in [-0.25, -0.2) is 9.48 Å². The summed E-state index contributed by atoms with van der Waals surface area (Å²) in [5, 5.41) is 3.99. The van der Waals surface area contributed by atoms with Gasteiger partial charge in [0.15, 0.2) is 0 Å². The lowest BCUT2D eigenvalue weighted by Crippen LogP contribution is -2.35. The van der Waals surface area contributed by atoms with Crippen LogP contribution >= 0.6 is 0 Å². The lowest BCUT2D eigenvalue weighted by molar-refractivity contribution is 0.127. The van der Waals surface area contributed by atoms with Crippen LogP contribution in [-0.4, -0.2) is 21.5 Å². The normalized spacial score (nSPS) is 12.0. The van der Waals surface area contributed by atoms with Crippen LogP contribution in [0, 0.1) is 0 Å². The predicted molar refractivity (Wildman–Crippen MR) is 48.5 cm³/mol.